The van der Waals surface area contributed by atoms with Crippen molar-refractivity contribution in [3.05, 3.63) is 105 Å². The van der Waals surface area contributed by atoms with Crippen LogP contribution < -0.4 is 10.6 Å². The van der Waals surface area contributed by atoms with E-state index in [1.54, 1.807) is 30.3 Å². The van der Waals surface area contributed by atoms with Crippen LogP contribution in [0.4, 0.5) is 5.69 Å². The summed E-state index contributed by atoms with van der Waals surface area (Å²) in [6.45, 7) is 6.04. The first kappa shape index (κ1) is 24.3. The van der Waals surface area contributed by atoms with Gasteiger partial charge in [-0.05, 0) is 73.7 Å². The zero-order chi connectivity index (χ0) is 23.8. The minimum absolute atomic E-state index is 0.149. The Labute approximate surface area is 200 Å². The lowest BCUT2D eigenvalue weighted by atomic mass is 10.1. The van der Waals surface area contributed by atoms with Gasteiger partial charge in [0.15, 0.2) is 0 Å². The predicted molar refractivity (Wildman–Crippen MR) is 136 cm³/mol. The van der Waals surface area contributed by atoms with Crippen LogP contribution in [0, 0.1) is 13.8 Å². The van der Waals surface area contributed by atoms with E-state index in [4.69, 9.17) is 11.6 Å². The summed E-state index contributed by atoms with van der Waals surface area (Å²) < 4.78 is 0. The van der Waals surface area contributed by atoms with E-state index in [0.29, 0.717) is 16.3 Å². The molecule has 2 amide bonds. The van der Waals surface area contributed by atoms with Crippen molar-refractivity contribution in [2.75, 3.05) is 5.32 Å². The van der Waals surface area contributed by atoms with E-state index in [1.807, 2.05) is 56.3 Å². The van der Waals surface area contributed by atoms with Crippen LogP contribution in [0.15, 0.2) is 72.4 Å². The van der Waals surface area contributed by atoms with Crippen molar-refractivity contribution in [2.45, 2.75) is 40.0 Å². The van der Waals surface area contributed by atoms with Gasteiger partial charge in [0.1, 0.15) is 5.70 Å². The van der Waals surface area contributed by atoms with Crippen molar-refractivity contribution in [1.82, 2.24) is 5.32 Å². The minimum atomic E-state index is -0.427. The highest BCUT2D eigenvalue weighted by Crippen LogP contribution is 2.20. The Kier molecular flexibility index (Phi) is 8.45. The molecule has 0 heterocycles. The van der Waals surface area contributed by atoms with Gasteiger partial charge in [-0.2, -0.15) is 0 Å². The second-order valence-electron chi connectivity index (χ2n) is 8.14. The van der Waals surface area contributed by atoms with Gasteiger partial charge in [0.2, 0.25) is 0 Å². The number of hydrogen-bond donors (Lipinski definition) is 2. The number of halogens is 1. The Balaban J connectivity index is 1.83. The van der Waals surface area contributed by atoms with E-state index >= 15 is 0 Å². The molecule has 3 rings (SSSR count). The van der Waals surface area contributed by atoms with E-state index in [2.05, 4.69) is 17.6 Å². The average molecular weight is 461 g/mol. The van der Waals surface area contributed by atoms with Gasteiger partial charge in [-0.1, -0.05) is 73.0 Å². The normalized spacial score (nSPS) is 11.2. The lowest BCUT2D eigenvalue weighted by Gasteiger charge is -2.12. The number of anilines is 1. The first-order valence-corrected chi connectivity index (χ1v) is 11.5. The molecule has 2 N–H and O–H groups in total. The second-order valence-corrected chi connectivity index (χ2v) is 8.55. The first-order valence-electron chi connectivity index (χ1n) is 11.1. The maximum absolute atomic E-state index is 13.1. The second kappa shape index (κ2) is 11.5. The van der Waals surface area contributed by atoms with Crippen LogP contribution >= 0.6 is 11.6 Å². The molecule has 3 aromatic rings. The SMILES string of the molecule is CCCCc1ccc(C(=O)N/C(=C\c2ccc(C)cc2)C(=O)Nc2ccc(C)c(Cl)c2)cc1. The van der Waals surface area contributed by atoms with Crippen molar-refractivity contribution in [3.63, 3.8) is 0 Å². The molecule has 5 heteroatoms. The first-order chi connectivity index (χ1) is 15.9. The van der Waals surface area contributed by atoms with Crippen LogP contribution in [0.25, 0.3) is 6.08 Å². The quantitative estimate of drug-likeness (QED) is 0.367. The fourth-order valence-electron chi connectivity index (χ4n) is 3.25. The van der Waals surface area contributed by atoms with Crippen molar-refractivity contribution in [3.8, 4) is 0 Å². The number of unbranched alkanes of at least 4 members (excludes halogenated alkanes) is 1. The van der Waals surface area contributed by atoms with Crippen LogP contribution in [0.1, 0.15) is 52.4 Å². The zero-order valence-corrected chi connectivity index (χ0v) is 20.0. The molecule has 0 spiro atoms. The van der Waals surface area contributed by atoms with E-state index in [0.717, 1.165) is 36.0 Å². The van der Waals surface area contributed by atoms with Crippen LogP contribution in [-0.2, 0) is 11.2 Å². The topological polar surface area (TPSA) is 58.2 Å². The highest BCUT2D eigenvalue weighted by Gasteiger charge is 2.15. The van der Waals surface area contributed by atoms with Crippen molar-refractivity contribution in [1.29, 1.82) is 0 Å². The number of hydrogen-bond acceptors (Lipinski definition) is 2. The Bertz CT molecular complexity index is 1150. The number of amides is 2. The number of carbonyl (C=O) groups excluding carboxylic acids is 2. The predicted octanol–water partition coefficient (Wildman–Crippen LogP) is 6.71. The van der Waals surface area contributed by atoms with E-state index in [-0.39, 0.29) is 11.6 Å². The van der Waals surface area contributed by atoms with Crippen LogP contribution in [0.3, 0.4) is 0 Å². The van der Waals surface area contributed by atoms with Gasteiger partial charge < -0.3 is 10.6 Å². The molecule has 0 saturated carbocycles. The van der Waals surface area contributed by atoms with Gasteiger partial charge in [-0.25, -0.2) is 0 Å². The monoisotopic (exact) mass is 460 g/mol. The average Bonchev–Trinajstić information content (AvgIpc) is 2.81. The van der Waals surface area contributed by atoms with Gasteiger partial charge in [0.05, 0.1) is 0 Å². The van der Waals surface area contributed by atoms with Gasteiger partial charge in [-0.3, -0.25) is 9.59 Å². The summed E-state index contributed by atoms with van der Waals surface area (Å²) in [6, 6.07) is 20.5. The highest BCUT2D eigenvalue weighted by atomic mass is 35.5. The maximum Gasteiger partial charge on any atom is 0.272 e. The third-order valence-electron chi connectivity index (χ3n) is 5.35. The molecule has 0 aliphatic rings. The number of aryl methyl sites for hydroxylation is 3. The van der Waals surface area contributed by atoms with Crippen molar-refractivity contribution < 1.29 is 9.59 Å². The number of carbonyl (C=O) groups is 2. The Hall–Kier alpha value is -3.37. The van der Waals surface area contributed by atoms with E-state index in [1.165, 1.54) is 5.56 Å². The lowest BCUT2D eigenvalue weighted by molar-refractivity contribution is -0.113. The third kappa shape index (κ3) is 7.06. The molecule has 0 bridgehead atoms. The number of nitrogens with one attached hydrogen (secondary N) is 2. The maximum atomic E-state index is 13.1. The van der Waals surface area contributed by atoms with E-state index < -0.39 is 5.91 Å². The molecular formula is C28H29ClN2O2. The van der Waals surface area contributed by atoms with Gasteiger partial charge in [0.25, 0.3) is 11.8 Å². The van der Waals surface area contributed by atoms with Crippen LogP contribution in [0.2, 0.25) is 5.02 Å². The summed E-state index contributed by atoms with van der Waals surface area (Å²) in [5, 5.41) is 6.17. The minimum Gasteiger partial charge on any atom is -0.321 e. The summed E-state index contributed by atoms with van der Waals surface area (Å²) in [5.74, 6) is -0.768. The smallest absolute Gasteiger partial charge is 0.272 e. The van der Waals surface area contributed by atoms with Crippen LogP contribution in [0.5, 0.6) is 0 Å². The summed E-state index contributed by atoms with van der Waals surface area (Å²) >= 11 is 6.19. The molecule has 4 nitrogen and oxygen atoms in total. The molecule has 0 saturated heterocycles. The molecule has 0 fully saturated rings. The summed E-state index contributed by atoms with van der Waals surface area (Å²) in [5.41, 5.74) is 5.23. The molecule has 0 aliphatic heterocycles. The largest absolute Gasteiger partial charge is 0.321 e. The highest BCUT2D eigenvalue weighted by molar-refractivity contribution is 6.31. The Morgan fingerprint density at radius 2 is 1.64 bits per heavy atom. The molecule has 0 aromatic heterocycles. The third-order valence-corrected chi connectivity index (χ3v) is 5.75. The summed E-state index contributed by atoms with van der Waals surface area (Å²) in [7, 11) is 0. The van der Waals surface area contributed by atoms with Gasteiger partial charge >= 0.3 is 0 Å². The number of rotatable bonds is 8. The fraction of sp³-hybridized carbons (Fsp3) is 0.214. The molecule has 3 aromatic carbocycles. The number of benzene rings is 3. The Morgan fingerprint density at radius 1 is 0.939 bits per heavy atom. The summed E-state index contributed by atoms with van der Waals surface area (Å²) in [4.78, 5) is 26.0. The molecular weight excluding hydrogens is 432 g/mol. The fourth-order valence-corrected chi connectivity index (χ4v) is 3.44. The standard InChI is InChI=1S/C28H29ClN2O2/c1-4-5-6-21-12-14-23(15-13-21)27(32)31-26(17-22-10-7-19(2)8-11-22)28(33)30-24-16-9-20(3)25(29)18-24/h7-18H,4-6H2,1-3H3,(H,30,33)(H,31,32)/b26-17-. The lowest BCUT2D eigenvalue weighted by Crippen LogP contribution is -2.30. The molecule has 0 radical (unpaired) electrons. The van der Waals surface area contributed by atoms with E-state index in [9.17, 15) is 9.59 Å². The Morgan fingerprint density at radius 3 is 2.27 bits per heavy atom. The zero-order valence-electron chi connectivity index (χ0n) is 19.2. The molecule has 0 aliphatic carbocycles. The molecule has 170 valence electrons. The molecule has 33 heavy (non-hydrogen) atoms. The molecule has 0 unspecified atom stereocenters. The summed E-state index contributed by atoms with van der Waals surface area (Å²) in [6.07, 6.45) is 4.88. The van der Waals surface area contributed by atoms with Crippen molar-refractivity contribution >= 4 is 35.2 Å². The van der Waals surface area contributed by atoms with Gasteiger partial charge in [0, 0.05) is 16.3 Å². The van der Waals surface area contributed by atoms with Crippen LogP contribution in [-0.4, -0.2) is 11.8 Å². The van der Waals surface area contributed by atoms with Crippen molar-refractivity contribution in [2.24, 2.45) is 0 Å². The van der Waals surface area contributed by atoms with Gasteiger partial charge in [-0.15, -0.1) is 0 Å². The molecule has 0 atom stereocenters.